The van der Waals surface area contributed by atoms with Crippen molar-refractivity contribution in [2.45, 2.75) is 26.8 Å². The molecule has 3 aromatic rings. The zero-order valence-corrected chi connectivity index (χ0v) is 15.3. The number of benzene rings is 1. The van der Waals surface area contributed by atoms with Gasteiger partial charge in [-0.25, -0.2) is 0 Å². The van der Waals surface area contributed by atoms with Gasteiger partial charge in [0, 0.05) is 28.8 Å². The minimum Gasteiger partial charge on any atom is -0.497 e. The van der Waals surface area contributed by atoms with E-state index in [1.165, 1.54) is 0 Å². The number of amides is 1. The van der Waals surface area contributed by atoms with E-state index < -0.39 is 0 Å². The molecule has 2 heterocycles. The normalized spacial score (nSPS) is 10.9. The van der Waals surface area contributed by atoms with Crippen molar-refractivity contribution in [2.24, 2.45) is 0 Å². The standard InChI is InChI=1S/C17H19N5O2S/c1-10(2)22-11(3)14(9-18-22)16(23)20-17-19-15(21-25-17)12-5-7-13(24-4)8-6-12/h5-10H,1-4H3,(H,19,20,21,23). The highest BCUT2D eigenvalue weighted by Crippen LogP contribution is 2.24. The Labute approximate surface area is 149 Å². The van der Waals surface area contributed by atoms with E-state index in [4.69, 9.17) is 4.74 Å². The minimum absolute atomic E-state index is 0.199. The second kappa shape index (κ2) is 7.02. The maximum Gasteiger partial charge on any atom is 0.260 e. The van der Waals surface area contributed by atoms with Crippen LogP contribution in [-0.4, -0.2) is 32.2 Å². The van der Waals surface area contributed by atoms with Crippen molar-refractivity contribution >= 4 is 22.6 Å². The summed E-state index contributed by atoms with van der Waals surface area (Å²) >= 11 is 1.14. The summed E-state index contributed by atoms with van der Waals surface area (Å²) in [6.45, 7) is 5.92. The molecular weight excluding hydrogens is 338 g/mol. The van der Waals surface area contributed by atoms with Gasteiger partial charge in [0.2, 0.25) is 5.13 Å². The van der Waals surface area contributed by atoms with Crippen LogP contribution >= 0.6 is 11.5 Å². The number of anilines is 1. The van der Waals surface area contributed by atoms with Gasteiger partial charge in [0.05, 0.1) is 18.9 Å². The van der Waals surface area contributed by atoms with Gasteiger partial charge in [-0.1, -0.05) is 0 Å². The van der Waals surface area contributed by atoms with E-state index in [1.54, 1.807) is 13.3 Å². The highest BCUT2D eigenvalue weighted by atomic mass is 32.1. The first-order chi connectivity index (χ1) is 12.0. The third kappa shape index (κ3) is 3.53. The molecule has 0 bridgehead atoms. The van der Waals surface area contributed by atoms with Crippen LogP contribution in [0, 0.1) is 6.92 Å². The van der Waals surface area contributed by atoms with Crippen LogP contribution in [0.1, 0.15) is 35.9 Å². The number of nitrogens with zero attached hydrogens (tertiary/aromatic N) is 4. The van der Waals surface area contributed by atoms with E-state index in [0.29, 0.717) is 16.5 Å². The molecule has 0 radical (unpaired) electrons. The van der Waals surface area contributed by atoms with Crippen molar-refractivity contribution in [3.63, 3.8) is 0 Å². The lowest BCUT2D eigenvalue weighted by atomic mass is 10.2. The average Bonchev–Trinajstić information content (AvgIpc) is 3.21. The molecule has 0 spiro atoms. The molecule has 1 N–H and O–H groups in total. The fraction of sp³-hybridized carbons (Fsp3) is 0.294. The van der Waals surface area contributed by atoms with Crippen molar-refractivity contribution in [1.29, 1.82) is 0 Å². The number of carbonyl (C=O) groups is 1. The Morgan fingerprint density at radius 3 is 2.60 bits per heavy atom. The molecule has 0 aliphatic rings. The first kappa shape index (κ1) is 17.1. The number of methoxy groups -OCH3 is 1. The van der Waals surface area contributed by atoms with E-state index in [-0.39, 0.29) is 11.9 Å². The van der Waals surface area contributed by atoms with Crippen molar-refractivity contribution in [3.05, 3.63) is 41.7 Å². The Hall–Kier alpha value is -2.74. The van der Waals surface area contributed by atoms with Crippen molar-refractivity contribution in [1.82, 2.24) is 19.1 Å². The molecule has 0 unspecified atom stereocenters. The van der Waals surface area contributed by atoms with Gasteiger partial charge in [0.25, 0.3) is 5.91 Å². The Balaban J connectivity index is 1.75. The molecule has 130 valence electrons. The summed E-state index contributed by atoms with van der Waals surface area (Å²) in [6.07, 6.45) is 1.58. The van der Waals surface area contributed by atoms with Crippen molar-refractivity contribution in [3.8, 4) is 17.1 Å². The van der Waals surface area contributed by atoms with Crippen LogP contribution < -0.4 is 10.1 Å². The molecule has 0 saturated carbocycles. The number of hydrogen-bond acceptors (Lipinski definition) is 6. The van der Waals surface area contributed by atoms with Crippen LogP contribution in [0.25, 0.3) is 11.4 Å². The monoisotopic (exact) mass is 357 g/mol. The largest absolute Gasteiger partial charge is 0.497 e. The summed E-state index contributed by atoms with van der Waals surface area (Å²) in [6, 6.07) is 7.65. The van der Waals surface area contributed by atoms with Crippen LogP contribution in [0.4, 0.5) is 5.13 Å². The zero-order valence-electron chi connectivity index (χ0n) is 14.5. The maximum atomic E-state index is 12.5. The molecule has 7 nitrogen and oxygen atoms in total. The number of nitrogens with one attached hydrogen (secondary N) is 1. The smallest absolute Gasteiger partial charge is 0.260 e. The number of carbonyl (C=O) groups excluding carboxylic acids is 1. The molecule has 2 aromatic heterocycles. The topological polar surface area (TPSA) is 81.9 Å². The zero-order chi connectivity index (χ0) is 18.0. The third-order valence-corrected chi connectivity index (χ3v) is 4.40. The first-order valence-corrected chi connectivity index (χ1v) is 8.60. The molecular formula is C17H19N5O2S. The summed E-state index contributed by atoms with van der Waals surface area (Å²) in [5.74, 6) is 1.10. The van der Waals surface area contributed by atoms with Gasteiger partial charge < -0.3 is 4.74 Å². The quantitative estimate of drug-likeness (QED) is 0.755. The maximum absolute atomic E-state index is 12.5. The fourth-order valence-electron chi connectivity index (χ4n) is 2.46. The van der Waals surface area contributed by atoms with Crippen molar-refractivity contribution in [2.75, 3.05) is 12.4 Å². The minimum atomic E-state index is -0.234. The summed E-state index contributed by atoms with van der Waals surface area (Å²) in [7, 11) is 1.62. The molecule has 0 atom stereocenters. The lowest BCUT2D eigenvalue weighted by Crippen LogP contribution is -2.13. The molecule has 25 heavy (non-hydrogen) atoms. The van der Waals surface area contributed by atoms with Gasteiger partial charge in [-0.05, 0) is 45.0 Å². The van der Waals surface area contributed by atoms with Gasteiger partial charge >= 0.3 is 0 Å². The van der Waals surface area contributed by atoms with Crippen LogP contribution in [0.5, 0.6) is 5.75 Å². The van der Waals surface area contributed by atoms with E-state index in [9.17, 15) is 4.79 Å². The molecule has 3 rings (SSSR count). The molecule has 0 aliphatic heterocycles. The predicted octanol–water partition coefficient (Wildman–Crippen LogP) is 3.55. The summed E-state index contributed by atoms with van der Waals surface area (Å²) in [4.78, 5) is 16.8. The summed E-state index contributed by atoms with van der Waals surface area (Å²) in [5.41, 5.74) is 2.23. The molecule has 0 aliphatic carbocycles. The van der Waals surface area contributed by atoms with Crippen molar-refractivity contribution < 1.29 is 9.53 Å². The highest BCUT2D eigenvalue weighted by Gasteiger charge is 2.17. The van der Waals surface area contributed by atoms with Gasteiger partial charge in [-0.2, -0.15) is 14.5 Å². The summed E-state index contributed by atoms with van der Waals surface area (Å²) in [5, 5.41) is 7.50. The van der Waals surface area contributed by atoms with Crippen LogP contribution in [-0.2, 0) is 0 Å². The third-order valence-electron chi connectivity index (χ3n) is 3.77. The molecule has 0 fully saturated rings. The van der Waals surface area contributed by atoms with Gasteiger partial charge in [-0.15, -0.1) is 0 Å². The van der Waals surface area contributed by atoms with E-state index >= 15 is 0 Å². The van der Waals surface area contributed by atoms with Gasteiger partial charge in [0.15, 0.2) is 5.82 Å². The SMILES string of the molecule is COc1ccc(-c2nsc(NC(=O)c3cnn(C(C)C)c3C)n2)cc1. The van der Waals surface area contributed by atoms with Gasteiger partial charge in [0.1, 0.15) is 5.75 Å². The first-order valence-electron chi connectivity index (χ1n) is 7.83. The Bertz CT molecular complexity index is 883. The van der Waals surface area contributed by atoms with Crippen LogP contribution in [0.3, 0.4) is 0 Å². The fourth-order valence-corrected chi connectivity index (χ4v) is 3.05. The highest BCUT2D eigenvalue weighted by molar-refractivity contribution is 7.10. The average molecular weight is 357 g/mol. The Kier molecular flexibility index (Phi) is 4.80. The predicted molar refractivity (Wildman–Crippen MR) is 97.2 cm³/mol. The molecule has 8 heteroatoms. The molecule has 0 saturated heterocycles. The van der Waals surface area contributed by atoms with Crippen LogP contribution in [0.15, 0.2) is 30.5 Å². The Morgan fingerprint density at radius 2 is 2.00 bits per heavy atom. The number of ether oxygens (including phenoxy) is 1. The van der Waals surface area contributed by atoms with E-state index in [0.717, 1.165) is 28.5 Å². The Morgan fingerprint density at radius 1 is 1.28 bits per heavy atom. The lowest BCUT2D eigenvalue weighted by Gasteiger charge is -2.08. The van der Waals surface area contributed by atoms with E-state index in [1.807, 2.05) is 49.7 Å². The molecule has 1 amide bonds. The number of aromatic nitrogens is 4. The van der Waals surface area contributed by atoms with Crippen LogP contribution in [0.2, 0.25) is 0 Å². The number of hydrogen-bond donors (Lipinski definition) is 1. The number of rotatable bonds is 5. The summed E-state index contributed by atoms with van der Waals surface area (Å²) < 4.78 is 11.3. The second-order valence-corrected chi connectivity index (χ2v) is 6.54. The lowest BCUT2D eigenvalue weighted by molar-refractivity contribution is 0.102. The van der Waals surface area contributed by atoms with Gasteiger partial charge in [-0.3, -0.25) is 14.8 Å². The van der Waals surface area contributed by atoms with E-state index in [2.05, 4.69) is 19.8 Å². The second-order valence-electron chi connectivity index (χ2n) is 5.79. The molecule has 1 aromatic carbocycles.